The highest BCUT2D eigenvalue weighted by Crippen LogP contribution is 2.29. The van der Waals surface area contributed by atoms with Crippen LogP contribution in [0, 0.1) is 18.3 Å². The lowest BCUT2D eigenvalue weighted by molar-refractivity contribution is -0.116. The first kappa shape index (κ1) is 15.4. The summed E-state index contributed by atoms with van der Waals surface area (Å²) in [7, 11) is 0. The number of nitrogens with zero attached hydrogens (tertiary/aromatic N) is 4. The zero-order valence-electron chi connectivity index (χ0n) is 10.7. The molecule has 20 heavy (non-hydrogen) atoms. The molecule has 0 N–H and O–H groups in total. The molecule has 2 aromatic heterocycles. The van der Waals surface area contributed by atoms with Crippen molar-refractivity contribution in [2.45, 2.75) is 21.5 Å². The van der Waals surface area contributed by atoms with Gasteiger partial charge in [0, 0.05) is 11.1 Å². The van der Waals surface area contributed by atoms with Crippen molar-refractivity contribution < 1.29 is 4.79 Å². The third-order valence-electron chi connectivity index (χ3n) is 2.24. The largest absolute Gasteiger partial charge is 0.297 e. The molecule has 2 heterocycles. The normalized spacial score (nSPS) is 12.1. The van der Waals surface area contributed by atoms with E-state index in [0.29, 0.717) is 5.01 Å². The minimum absolute atomic E-state index is 0.146. The molecule has 0 aromatic carbocycles. The smallest absolute Gasteiger partial charge is 0.175 e. The molecule has 0 saturated heterocycles. The highest BCUT2D eigenvalue weighted by atomic mass is 32.2. The van der Waals surface area contributed by atoms with Crippen LogP contribution in [0.1, 0.15) is 16.6 Å². The highest BCUT2D eigenvalue weighted by Gasteiger charge is 2.23. The van der Waals surface area contributed by atoms with Crippen LogP contribution in [-0.4, -0.2) is 33.0 Å². The number of thioether (sulfide) groups is 2. The molecule has 9 heteroatoms. The lowest BCUT2D eigenvalue weighted by Gasteiger charge is -2.03. The van der Waals surface area contributed by atoms with Crippen LogP contribution in [0.15, 0.2) is 14.1 Å². The Bertz CT molecular complexity index is 645. The first-order chi connectivity index (χ1) is 9.63. The number of carbonyl (C=O) groups is 1. The average Bonchev–Trinajstić information content (AvgIpc) is 3.06. The molecule has 0 saturated carbocycles. The number of rotatable bonds is 6. The van der Waals surface area contributed by atoms with Gasteiger partial charge in [0.15, 0.2) is 20.4 Å². The molecular weight excluding hydrogens is 332 g/mol. The predicted octanol–water partition coefficient (Wildman–Crippen LogP) is 2.99. The number of hydrogen-bond donors (Lipinski definition) is 0. The van der Waals surface area contributed by atoms with Gasteiger partial charge in [-0.2, -0.15) is 5.26 Å². The van der Waals surface area contributed by atoms with E-state index in [4.69, 9.17) is 5.26 Å². The number of Topliss-reactive ketones (excluding diaryl/α,β-unsaturated/α-hetero) is 1. The quantitative estimate of drug-likeness (QED) is 0.747. The lowest BCUT2D eigenvalue weighted by atomic mass is 10.1. The van der Waals surface area contributed by atoms with Crippen molar-refractivity contribution in [2.24, 2.45) is 0 Å². The molecule has 0 spiro atoms. The number of aryl methyl sites for hydroxylation is 1. The number of thiazole rings is 1. The van der Waals surface area contributed by atoms with E-state index in [1.54, 1.807) is 0 Å². The van der Waals surface area contributed by atoms with Gasteiger partial charge < -0.3 is 0 Å². The maximum atomic E-state index is 12.1. The summed E-state index contributed by atoms with van der Waals surface area (Å²) in [6.45, 7) is 1.85. The Morgan fingerprint density at radius 1 is 1.50 bits per heavy atom. The van der Waals surface area contributed by atoms with Crippen LogP contribution in [0.25, 0.3) is 0 Å². The van der Waals surface area contributed by atoms with Crippen LogP contribution in [0.4, 0.5) is 0 Å². The number of aromatic nitrogens is 3. The maximum absolute atomic E-state index is 12.1. The molecule has 104 valence electrons. The van der Waals surface area contributed by atoms with E-state index in [0.717, 1.165) is 14.4 Å². The van der Waals surface area contributed by atoms with Crippen molar-refractivity contribution in [1.82, 2.24) is 15.2 Å². The van der Waals surface area contributed by atoms with Gasteiger partial charge >= 0.3 is 0 Å². The summed E-state index contributed by atoms with van der Waals surface area (Å²) in [5.41, 5.74) is 0.833. The molecule has 0 aliphatic carbocycles. The number of carbonyl (C=O) groups excluding carboxylic acids is 1. The van der Waals surface area contributed by atoms with Crippen LogP contribution < -0.4 is 0 Å². The summed E-state index contributed by atoms with van der Waals surface area (Å²) >= 11 is 5.64. The van der Waals surface area contributed by atoms with Crippen molar-refractivity contribution >= 4 is 52.0 Å². The van der Waals surface area contributed by atoms with E-state index in [1.807, 2.05) is 24.6 Å². The van der Waals surface area contributed by atoms with Crippen molar-refractivity contribution in [3.8, 4) is 6.07 Å². The summed E-state index contributed by atoms with van der Waals surface area (Å²) in [6.07, 6.45) is 1.93. The molecule has 0 fully saturated rings. The van der Waals surface area contributed by atoms with Gasteiger partial charge in [0.2, 0.25) is 0 Å². The van der Waals surface area contributed by atoms with Crippen LogP contribution in [0.5, 0.6) is 0 Å². The molecule has 0 aliphatic heterocycles. The van der Waals surface area contributed by atoms with E-state index in [9.17, 15) is 4.79 Å². The van der Waals surface area contributed by atoms with E-state index in [1.165, 1.54) is 46.2 Å². The Morgan fingerprint density at radius 2 is 2.25 bits per heavy atom. The molecule has 1 atom stereocenters. The summed E-state index contributed by atoms with van der Waals surface area (Å²) in [6, 6.07) is 2.03. The van der Waals surface area contributed by atoms with Crippen LogP contribution in [0.3, 0.4) is 0 Å². The van der Waals surface area contributed by atoms with Gasteiger partial charge in [0.05, 0.1) is 11.8 Å². The second-order valence-electron chi connectivity index (χ2n) is 3.68. The van der Waals surface area contributed by atoms with Crippen molar-refractivity contribution in [1.29, 1.82) is 5.26 Å². The highest BCUT2D eigenvalue weighted by molar-refractivity contribution is 8.03. The molecule has 2 aromatic rings. The summed E-state index contributed by atoms with van der Waals surface area (Å²) < 4.78 is 1.61. The zero-order valence-corrected chi connectivity index (χ0v) is 14.0. The average molecular weight is 342 g/mol. The molecule has 0 bridgehead atoms. The fraction of sp³-hybridized carbons (Fsp3) is 0.364. The van der Waals surface area contributed by atoms with E-state index in [-0.39, 0.29) is 11.5 Å². The second kappa shape index (κ2) is 7.17. The maximum Gasteiger partial charge on any atom is 0.175 e. The first-order valence-electron chi connectivity index (χ1n) is 5.48. The SMILES string of the molecule is CSc1nnc(SCC(=O)[C@@H](C#N)c2nc(C)cs2)s1. The summed E-state index contributed by atoms with van der Waals surface area (Å²) in [5, 5.41) is 19.5. The van der Waals surface area contributed by atoms with Crippen molar-refractivity contribution in [2.75, 3.05) is 12.0 Å². The molecule has 0 unspecified atom stereocenters. The van der Waals surface area contributed by atoms with Gasteiger partial charge in [-0.1, -0.05) is 34.9 Å². The monoisotopic (exact) mass is 342 g/mol. The Morgan fingerprint density at radius 3 is 2.80 bits per heavy atom. The Kier molecular flexibility index (Phi) is 5.54. The minimum Gasteiger partial charge on any atom is -0.297 e. The van der Waals surface area contributed by atoms with Gasteiger partial charge in [0.25, 0.3) is 0 Å². The zero-order chi connectivity index (χ0) is 14.5. The van der Waals surface area contributed by atoms with Crippen molar-refractivity contribution in [3.63, 3.8) is 0 Å². The third-order valence-corrected chi connectivity index (χ3v) is 6.32. The van der Waals surface area contributed by atoms with Gasteiger partial charge in [-0.3, -0.25) is 4.79 Å². The fourth-order valence-electron chi connectivity index (χ4n) is 1.32. The van der Waals surface area contributed by atoms with E-state index < -0.39 is 5.92 Å². The fourth-order valence-corrected chi connectivity index (χ4v) is 4.53. The summed E-state index contributed by atoms with van der Waals surface area (Å²) in [4.78, 5) is 16.3. The standard InChI is InChI=1S/C11H10N4OS4/c1-6-4-18-9(13-6)7(3-12)8(16)5-19-11-15-14-10(17-2)20-11/h4,7H,5H2,1-2H3/t7-/m1/s1. The van der Waals surface area contributed by atoms with Crippen LogP contribution >= 0.6 is 46.2 Å². The number of nitriles is 1. The van der Waals surface area contributed by atoms with Gasteiger partial charge in [-0.05, 0) is 13.2 Å². The van der Waals surface area contributed by atoms with Gasteiger partial charge in [-0.15, -0.1) is 21.5 Å². The first-order valence-corrected chi connectivity index (χ1v) is 9.39. The van der Waals surface area contributed by atoms with E-state index in [2.05, 4.69) is 15.2 Å². The molecule has 0 aliphatic rings. The Labute approximate surface area is 132 Å². The predicted molar refractivity (Wildman–Crippen MR) is 82.6 cm³/mol. The molecule has 2 rings (SSSR count). The summed E-state index contributed by atoms with van der Waals surface area (Å²) in [5.74, 6) is -0.721. The van der Waals surface area contributed by atoms with Gasteiger partial charge in [-0.25, -0.2) is 4.98 Å². The molecule has 0 radical (unpaired) electrons. The van der Waals surface area contributed by atoms with Crippen LogP contribution in [0.2, 0.25) is 0 Å². The van der Waals surface area contributed by atoms with Crippen LogP contribution in [-0.2, 0) is 4.79 Å². The minimum atomic E-state index is -0.783. The Balaban J connectivity index is 1.98. The topological polar surface area (TPSA) is 79.5 Å². The second-order valence-corrected chi connectivity index (χ2v) is 7.83. The number of hydrogen-bond acceptors (Lipinski definition) is 9. The number of ketones is 1. The van der Waals surface area contributed by atoms with E-state index >= 15 is 0 Å². The molecular formula is C11H10N4OS4. The lowest BCUT2D eigenvalue weighted by Crippen LogP contribution is -2.13. The van der Waals surface area contributed by atoms with Crippen molar-refractivity contribution in [3.05, 3.63) is 16.1 Å². The van der Waals surface area contributed by atoms with Gasteiger partial charge in [0.1, 0.15) is 5.01 Å². The molecule has 5 nitrogen and oxygen atoms in total. The molecule has 0 amide bonds. The third kappa shape index (κ3) is 3.79. The Hall–Kier alpha value is -0.950.